The Morgan fingerprint density at radius 2 is 2.03 bits per heavy atom. The van der Waals surface area contributed by atoms with Crippen LogP contribution in [0.3, 0.4) is 0 Å². The summed E-state index contributed by atoms with van der Waals surface area (Å²) < 4.78 is 12.8. The molecule has 0 atom stereocenters. The van der Waals surface area contributed by atoms with E-state index in [9.17, 15) is 9.59 Å². The van der Waals surface area contributed by atoms with Crippen molar-refractivity contribution in [3.05, 3.63) is 69.5 Å². The first-order valence-corrected chi connectivity index (χ1v) is 9.98. The lowest BCUT2D eigenvalue weighted by Crippen LogP contribution is -2.19. The van der Waals surface area contributed by atoms with Crippen molar-refractivity contribution in [1.82, 2.24) is 4.57 Å². The first kappa shape index (κ1) is 21.1. The Hall–Kier alpha value is -2.61. The van der Waals surface area contributed by atoms with E-state index in [0.29, 0.717) is 32.7 Å². The number of esters is 1. The number of carbonyl (C=O) groups is 2. The second kappa shape index (κ2) is 9.26. The van der Waals surface area contributed by atoms with Crippen LogP contribution in [0.15, 0.2) is 54.0 Å². The van der Waals surface area contributed by atoms with Crippen LogP contribution in [0.5, 0.6) is 5.75 Å². The van der Waals surface area contributed by atoms with Gasteiger partial charge >= 0.3 is 5.97 Å². The summed E-state index contributed by atoms with van der Waals surface area (Å²) >= 11 is 13.2. The number of benzene rings is 2. The molecule has 0 unspecified atom stereocenters. The van der Waals surface area contributed by atoms with E-state index in [4.69, 9.17) is 32.7 Å². The molecule has 1 amide bonds. The lowest BCUT2D eigenvalue weighted by atomic mass is 10.2. The topological polar surface area (TPSA) is 69.9 Å². The number of ether oxygens (including phenoxy) is 2. The SMILES string of the molecule is C=CCn1c(=NC(=O)COc2ccc(Cl)cc2Cl)sc2cc(C(=O)OC)ccc21. The van der Waals surface area contributed by atoms with Gasteiger partial charge in [-0.15, -0.1) is 6.58 Å². The molecule has 2 aromatic carbocycles. The van der Waals surface area contributed by atoms with Crippen LogP contribution in [0, 0.1) is 0 Å². The first-order valence-electron chi connectivity index (χ1n) is 8.41. The minimum Gasteiger partial charge on any atom is -0.482 e. The van der Waals surface area contributed by atoms with Crippen LogP contribution in [0.2, 0.25) is 10.0 Å². The molecule has 0 saturated heterocycles. The molecule has 6 nitrogen and oxygen atoms in total. The molecule has 29 heavy (non-hydrogen) atoms. The molecule has 0 radical (unpaired) electrons. The van der Waals surface area contributed by atoms with Gasteiger partial charge in [-0.2, -0.15) is 4.99 Å². The fraction of sp³-hybridized carbons (Fsp3) is 0.150. The van der Waals surface area contributed by atoms with Gasteiger partial charge in [-0.05, 0) is 36.4 Å². The first-order chi connectivity index (χ1) is 13.9. The summed E-state index contributed by atoms with van der Waals surface area (Å²) in [4.78, 5) is 28.7. The van der Waals surface area contributed by atoms with Gasteiger partial charge in [-0.1, -0.05) is 40.6 Å². The molecule has 0 fully saturated rings. The summed E-state index contributed by atoms with van der Waals surface area (Å²) in [6.07, 6.45) is 1.70. The van der Waals surface area contributed by atoms with Crippen LogP contribution < -0.4 is 9.54 Å². The zero-order valence-corrected chi connectivity index (χ0v) is 17.7. The average molecular weight is 451 g/mol. The van der Waals surface area contributed by atoms with Gasteiger partial charge in [-0.25, -0.2) is 4.79 Å². The third kappa shape index (κ3) is 4.87. The second-order valence-corrected chi connectivity index (χ2v) is 7.68. The zero-order chi connectivity index (χ0) is 21.0. The summed E-state index contributed by atoms with van der Waals surface area (Å²) in [6.45, 7) is 3.92. The quantitative estimate of drug-likeness (QED) is 0.409. The normalized spacial score (nSPS) is 11.5. The number of fused-ring (bicyclic) bond motifs is 1. The van der Waals surface area contributed by atoms with Crippen LogP contribution in [0.4, 0.5) is 0 Å². The van der Waals surface area contributed by atoms with E-state index in [1.54, 1.807) is 36.4 Å². The Morgan fingerprint density at radius 3 is 2.72 bits per heavy atom. The highest BCUT2D eigenvalue weighted by Crippen LogP contribution is 2.27. The molecule has 1 heterocycles. The van der Waals surface area contributed by atoms with E-state index in [-0.39, 0.29) is 6.61 Å². The molecule has 0 spiro atoms. The molecule has 0 bridgehead atoms. The van der Waals surface area contributed by atoms with E-state index in [1.807, 2.05) is 4.57 Å². The van der Waals surface area contributed by atoms with E-state index in [0.717, 1.165) is 10.2 Å². The number of amides is 1. The molecule has 150 valence electrons. The Kier molecular flexibility index (Phi) is 6.74. The molecule has 0 aliphatic heterocycles. The lowest BCUT2D eigenvalue weighted by molar-refractivity contribution is -0.120. The van der Waals surface area contributed by atoms with Crippen LogP contribution in [0.1, 0.15) is 10.4 Å². The zero-order valence-electron chi connectivity index (χ0n) is 15.4. The van der Waals surface area contributed by atoms with Crippen molar-refractivity contribution in [3.8, 4) is 5.75 Å². The highest BCUT2D eigenvalue weighted by Gasteiger charge is 2.12. The maximum absolute atomic E-state index is 12.4. The molecule has 3 rings (SSSR count). The molecular weight excluding hydrogens is 435 g/mol. The smallest absolute Gasteiger partial charge is 0.337 e. The number of nitrogens with zero attached hydrogens (tertiary/aromatic N) is 2. The van der Waals surface area contributed by atoms with Crippen molar-refractivity contribution in [2.24, 2.45) is 4.99 Å². The predicted octanol–water partition coefficient (Wildman–Crippen LogP) is 4.49. The number of allylic oxidation sites excluding steroid dienone is 1. The third-order valence-electron chi connectivity index (χ3n) is 3.88. The molecule has 3 aromatic rings. The van der Waals surface area contributed by atoms with E-state index in [1.165, 1.54) is 24.5 Å². The van der Waals surface area contributed by atoms with Crippen molar-refractivity contribution in [2.75, 3.05) is 13.7 Å². The van der Waals surface area contributed by atoms with Gasteiger partial charge < -0.3 is 14.0 Å². The van der Waals surface area contributed by atoms with Crippen molar-refractivity contribution >= 4 is 56.6 Å². The standard InChI is InChI=1S/C20H16Cl2N2O4S/c1-3-8-24-15-6-4-12(19(26)27-2)9-17(15)29-20(24)23-18(25)11-28-16-7-5-13(21)10-14(16)22/h3-7,9-10H,1,8,11H2,2H3. The van der Waals surface area contributed by atoms with Crippen molar-refractivity contribution < 1.29 is 19.1 Å². The highest BCUT2D eigenvalue weighted by atomic mass is 35.5. The Balaban J connectivity index is 1.90. The van der Waals surface area contributed by atoms with Gasteiger partial charge in [0.2, 0.25) is 0 Å². The molecule has 0 aliphatic rings. The Bertz CT molecular complexity index is 1170. The summed E-state index contributed by atoms with van der Waals surface area (Å²) in [5, 5.41) is 0.782. The molecule has 9 heteroatoms. The van der Waals surface area contributed by atoms with Gasteiger partial charge in [0.1, 0.15) is 5.75 Å². The van der Waals surface area contributed by atoms with Gasteiger partial charge in [-0.3, -0.25) is 4.79 Å². The maximum atomic E-state index is 12.4. The number of aromatic nitrogens is 1. The minimum atomic E-state index is -0.478. The van der Waals surface area contributed by atoms with Crippen LogP contribution >= 0.6 is 34.5 Å². The third-order valence-corrected chi connectivity index (χ3v) is 5.45. The van der Waals surface area contributed by atoms with Gasteiger partial charge in [0.15, 0.2) is 11.4 Å². The van der Waals surface area contributed by atoms with Crippen LogP contribution in [0.25, 0.3) is 10.2 Å². The van der Waals surface area contributed by atoms with E-state index >= 15 is 0 Å². The van der Waals surface area contributed by atoms with Gasteiger partial charge in [0.25, 0.3) is 5.91 Å². The number of rotatable bonds is 6. The minimum absolute atomic E-state index is 0.281. The fourth-order valence-electron chi connectivity index (χ4n) is 2.58. The summed E-state index contributed by atoms with van der Waals surface area (Å²) in [5.74, 6) is -0.565. The fourth-order valence-corrected chi connectivity index (χ4v) is 4.14. The highest BCUT2D eigenvalue weighted by molar-refractivity contribution is 7.16. The summed E-state index contributed by atoms with van der Waals surface area (Å²) in [6, 6.07) is 9.89. The largest absolute Gasteiger partial charge is 0.482 e. The van der Waals surface area contributed by atoms with Crippen LogP contribution in [-0.2, 0) is 16.1 Å². The Labute approximate surface area is 180 Å². The van der Waals surface area contributed by atoms with Crippen molar-refractivity contribution in [1.29, 1.82) is 0 Å². The number of halogens is 2. The van der Waals surface area contributed by atoms with Crippen molar-refractivity contribution in [3.63, 3.8) is 0 Å². The molecule has 0 saturated carbocycles. The summed E-state index contributed by atoms with van der Waals surface area (Å²) in [5.41, 5.74) is 1.25. The number of methoxy groups -OCH3 is 1. The number of carbonyl (C=O) groups excluding carboxylic acids is 2. The molecule has 0 N–H and O–H groups in total. The lowest BCUT2D eigenvalue weighted by Gasteiger charge is -2.06. The van der Waals surface area contributed by atoms with E-state index in [2.05, 4.69) is 11.6 Å². The maximum Gasteiger partial charge on any atom is 0.337 e. The van der Waals surface area contributed by atoms with Crippen LogP contribution in [-0.4, -0.2) is 30.2 Å². The molecule has 0 aliphatic carbocycles. The van der Waals surface area contributed by atoms with E-state index < -0.39 is 11.9 Å². The van der Waals surface area contributed by atoms with Gasteiger partial charge in [0, 0.05) is 11.6 Å². The number of thiazole rings is 1. The average Bonchev–Trinajstić information content (AvgIpc) is 3.03. The number of hydrogen-bond acceptors (Lipinski definition) is 5. The Morgan fingerprint density at radius 1 is 1.24 bits per heavy atom. The monoisotopic (exact) mass is 450 g/mol. The molecule has 1 aromatic heterocycles. The predicted molar refractivity (Wildman–Crippen MR) is 114 cm³/mol. The van der Waals surface area contributed by atoms with Crippen molar-refractivity contribution in [2.45, 2.75) is 6.54 Å². The summed E-state index contributed by atoms with van der Waals surface area (Å²) in [7, 11) is 1.32. The molecular formula is C20H16Cl2N2O4S. The number of hydrogen-bond donors (Lipinski definition) is 0. The van der Waals surface area contributed by atoms with Gasteiger partial charge in [0.05, 0.1) is 27.9 Å². The second-order valence-electron chi connectivity index (χ2n) is 5.83.